The van der Waals surface area contributed by atoms with Crippen LogP contribution in [0, 0.1) is 17.0 Å². The van der Waals surface area contributed by atoms with Gasteiger partial charge in [0.1, 0.15) is 0 Å². The van der Waals surface area contributed by atoms with E-state index in [1.807, 2.05) is 55.5 Å². The Labute approximate surface area is 180 Å². The first-order chi connectivity index (χ1) is 14.5. The molecule has 9 heteroatoms. The largest absolute Gasteiger partial charge is 0.324 e. The van der Waals surface area contributed by atoms with Gasteiger partial charge in [-0.1, -0.05) is 59.1 Å². The van der Waals surface area contributed by atoms with E-state index in [1.54, 1.807) is 6.07 Å². The number of aryl methyl sites for hydroxylation is 1. The number of rotatable bonds is 6. The topological polar surface area (TPSA) is 88.7 Å². The van der Waals surface area contributed by atoms with Gasteiger partial charge in [-0.3, -0.25) is 14.9 Å². The summed E-state index contributed by atoms with van der Waals surface area (Å²) in [6, 6.07) is 18.3. The van der Waals surface area contributed by atoms with Gasteiger partial charge in [0.2, 0.25) is 5.13 Å². The summed E-state index contributed by atoms with van der Waals surface area (Å²) in [7, 11) is 0. The minimum Gasteiger partial charge on any atom is -0.272 e. The Morgan fingerprint density at radius 3 is 2.70 bits per heavy atom. The number of hydrogen-bond donors (Lipinski definition) is 0. The maximum atomic E-state index is 13.1. The van der Waals surface area contributed by atoms with Crippen molar-refractivity contribution in [2.45, 2.75) is 13.3 Å². The van der Waals surface area contributed by atoms with Crippen LogP contribution in [-0.4, -0.2) is 22.0 Å². The van der Waals surface area contributed by atoms with Gasteiger partial charge in [-0.25, -0.2) is 4.98 Å². The monoisotopic (exact) mass is 436 g/mol. The molecule has 0 saturated carbocycles. The van der Waals surface area contributed by atoms with Gasteiger partial charge >= 0.3 is 5.00 Å². The van der Waals surface area contributed by atoms with E-state index in [-0.39, 0.29) is 17.3 Å². The molecule has 2 aromatic carbocycles. The number of thiazole rings is 1. The molecule has 0 aliphatic heterocycles. The minimum atomic E-state index is -0.448. The van der Waals surface area contributed by atoms with Crippen molar-refractivity contribution in [3.05, 3.63) is 86.8 Å². The highest BCUT2D eigenvalue weighted by Gasteiger charge is 2.20. The molecule has 30 heavy (non-hydrogen) atoms. The Balaban J connectivity index is 1.68. The van der Waals surface area contributed by atoms with Gasteiger partial charge in [0, 0.05) is 6.07 Å². The zero-order valence-corrected chi connectivity index (χ0v) is 17.5. The molecule has 0 bridgehead atoms. The smallest absolute Gasteiger partial charge is 0.272 e. The first-order valence-corrected chi connectivity index (χ1v) is 10.7. The Hall–Kier alpha value is -3.43. The third-order valence-electron chi connectivity index (χ3n) is 4.24. The fourth-order valence-corrected chi connectivity index (χ4v) is 4.53. The predicted molar refractivity (Wildman–Crippen MR) is 121 cm³/mol. The van der Waals surface area contributed by atoms with Crippen molar-refractivity contribution in [1.82, 2.24) is 4.98 Å². The highest BCUT2D eigenvalue weighted by atomic mass is 32.1. The van der Waals surface area contributed by atoms with Gasteiger partial charge in [0.05, 0.1) is 32.7 Å². The zero-order valence-electron chi connectivity index (χ0n) is 15.9. The molecule has 4 aromatic rings. The molecule has 4 rings (SSSR count). The summed E-state index contributed by atoms with van der Waals surface area (Å²) >= 11 is 2.38. The fourth-order valence-electron chi connectivity index (χ4n) is 2.80. The lowest BCUT2D eigenvalue weighted by atomic mass is 10.1. The predicted octanol–water partition coefficient (Wildman–Crippen LogP) is 5.18. The molecule has 0 spiro atoms. The van der Waals surface area contributed by atoms with Gasteiger partial charge in [0.25, 0.3) is 5.91 Å². The summed E-state index contributed by atoms with van der Waals surface area (Å²) < 4.78 is 0.962. The molecule has 0 radical (unpaired) electrons. The second-order valence-corrected chi connectivity index (χ2v) is 8.62. The number of nitro groups is 1. The normalized spacial score (nSPS) is 11.2. The summed E-state index contributed by atoms with van der Waals surface area (Å²) in [5, 5.41) is 17.0. The highest BCUT2D eigenvalue weighted by Crippen LogP contribution is 2.30. The van der Waals surface area contributed by atoms with E-state index in [4.69, 9.17) is 0 Å². The molecule has 2 heterocycles. The standard InChI is InChI=1S/C21H16N4O3S2/c1-14-7-9-17-18(11-14)30-21(23-17)24(19(26)12-15-5-3-2-4-6-15)22-13-16-8-10-20(29-16)25(27)28/h2-11,13H,12H2,1H3/b22-13+. The Morgan fingerprint density at radius 2 is 1.97 bits per heavy atom. The number of benzene rings is 2. The van der Waals surface area contributed by atoms with Crippen LogP contribution >= 0.6 is 22.7 Å². The molecule has 1 amide bonds. The summed E-state index contributed by atoms with van der Waals surface area (Å²) in [6.45, 7) is 2.00. The summed E-state index contributed by atoms with van der Waals surface area (Å²) in [4.78, 5) is 28.7. The van der Waals surface area contributed by atoms with Gasteiger partial charge in [-0.05, 0) is 36.2 Å². The van der Waals surface area contributed by atoms with Crippen LogP contribution in [0.25, 0.3) is 10.2 Å². The van der Waals surface area contributed by atoms with E-state index in [0.29, 0.717) is 10.0 Å². The summed E-state index contributed by atoms with van der Waals surface area (Å²) in [6.07, 6.45) is 1.62. The number of anilines is 1. The van der Waals surface area contributed by atoms with Crippen LogP contribution in [0.1, 0.15) is 16.0 Å². The van der Waals surface area contributed by atoms with Crippen LogP contribution in [0.5, 0.6) is 0 Å². The van der Waals surface area contributed by atoms with Crippen molar-refractivity contribution in [3.63, 3.8) is 0 Å². The SMILES string of the molecule is Cc1ccc2nc(N(/N=C/c3ccc([N+](=O)[O-])s3)C(=O)Cc3ccccc3)sc2c1. The number of carbonyl (C=O) groups excluding carboxylic acids is 1. The molecule has 2 aromatic heterocycles. The van der Waals surface area contributed by atoms with E-state index >= 15 is 0 Å². The second kappa shape index (κ2) is 8.52. The molecule has 0 fully saturated rings. The third kappa shape index (κ3) is 4.42. The molecular formula is C21H16N4O3S2. The lowest BCUT2D eigenvalue weighted by molar-refractivity contribution is -0.380. The van der Waals surface area contributed by atoms with Crippen molar-refractivity contribution in [2.24, 2.45) is 5.10 Å². The molecule has 0 aliphatic carbocycles. The molecule has 7 nitrogen and oxygen atoms in total. The number of aromatic nitrogens is 1. The number of hydrogen-bond acceptors (Lipinski definition) is 7. The fraction of sp³-hybridized carbons (Fsp3) is 0.0952. The number of carbonyl (C=O) groups is 1. The maximum Gasteiger partial charge on any atom is 0.324 e. The third-order valence-corrected chi connectivity index (χ3v) is 6.21. The lowest BCUT2D eigenvalue weighted by Crippen LogP contribution is -2.27. The minimum absolute atomic E-state index is 0.0223. The number of hydrazone groups is 1. The number of nitrogens with zero attached hydrogens (tertiary/aromatic N) is 4. The molecule has 0 unspecified atom stereocenters. The number of fused-ring (bicyclic) bond motifs is 1. The lowest BCUT2D eigenvalue weighted by Gasteiger charge is -2.13. The summed E-state index contributed by atoms with van der Waals surface area (Å²) in [5.74, 6) is -0.237. The Morgan fingerprint density at radius 1 is 1.17 bits per heavy atom. The van der Waals surface area contributed by atoms with E-state index in [9.17, 15) is 14.9 Å². The molecule has 0 aliphatic rings. The quantitative estimate of drug-likeness (QED) is 0.236. The average Bonchev–Trinajstić information content (AvgIpc) is 3.36. The first-order valence-electron chi connectivity index (χ1n) is 9.02. The van der Waals surface area contributed by atoms with Crippen LogP contribution in [0.15, 0.2) is 65.8 Å². The van der Waals surface area contributed by atoms with E-state index in [2.05, 4.69) is 10.1 Å². The van der Waals surface area contributed by atoms with Crippen LogP contribution in [0.3, 0.4) is 0 Å². The van der Waals surface area contributed by atoms with E-state index < -0.39 is 4.92 Å². The number of amides is 1. The highest BCUT2D eigenvalue weighted by molar-refractivity contribution is 7.22. The van der Waals surface area contributed by atoms with Gasteiger partial charge in [0.15, 0.2) is 0 Å². The van der Waals surface area contributed by atoms with Gasteiger partial charge in [-0.15, -0.1) is 0 Å². The van der Waals surface area contributed by atoms with Gasteiger partial charge in [-0.2, -0.15) is 10.1 Å². The number of thiophene rings is 1. The van der Waals surface area contributed by atoms with Crippen molar-refractivity contribution in [1.29, 1.82) is 0 Å². The molecule has 150 valence electrons. The van der Waals surface area contributed by atoms with E-state index in [1.165, 1.54) is 28.6 Å². The molecule has 0 atom stereocenters. The second-order valence-electron chi connectivity index (χ2n) is 6.51. The van der Waals surface area contributed by atoms with Gasteiger partial charge < -0.3 is 0 Å². The molecule has 0 saturated heterocycles. The maximum absolute atomic E-state index is 13.1. The Kier molecular flexibility index (Phi) is 5.64. The van der Waals surface area contributed by atoms with Crippen LogP contribution in [0.4, 0.5) is 10.1 Å². The van der Waals surface area contributed by atoms with Crippen LogP contribution in [0.2, 0.25) is 0 Å². The average molecular weight is 437 g/mol. The molecule has 0 N–H and O–H groups in total. The first kappa shape index (κ1) is 19.9. The van der Waals surface area contributed by atoms with E-state index in [0.717, 1.165) is 32.7 Å². The Bertz CT molecular complexity index is 1250. The van der Waals surface area contributed by atoms with Crippen molar-refractivity contribution < 1.29 is 9.72 Å². The van der Waals surface area contributed by atoms with Crippen molar-refractivity contribution >= 4 is 55.1 Å². The zero-order chi connectivity index (χ0) is 21.1. The van der Waals surface area contributed by atoms with Crippen LogP contribution in [-0.2, 0) is 11.2 Å². The van der Waals surface area contributed by atoms with Crippen molar-refractivity contribution in [3.8, 4) is 0 Å². The van der Waals surface area contributed by atoms with Crippen molar-refractivity contribution in [2.75, 3.05) is 5.01 Å². The summed E-state index contributed by atoms with van der Waals surface area (Å²) in [5.41, 5.74) is 2.76. The van der Waals surface area contributed by atoms with Crippen LogP contribution < -0.4 is 5.01 Å². The molecular weight excluding hydrogens is 420 g/mol.